The number of aryl methyl sites for hydroxylation is 1. The minimum Gasteiger partial charge on any atom is -0.481 e. The summed E-state index contributed by atoms with van der Waals surface area (Å²) in [4.78, 5) is 12.5. The Morgan fingerprint density at radius 2 is 2.33 bits per heavy atom. The van der Waals surface area contributed by atoms with Crippen LogP contribution < -0.4 is 0 Å². The topological polar surface area (TPSA) is 115 Å². The first-order valence-corrected chi connectivity index (χ1v) is 7.35. The van der Waals surface area contributed by atoms with E-state index in [0.29, 0.717) is 12.2 Å². The second kappa shape index (κ2) is 4.63. The second-order valence-electron chi connectivity index (χ2n) is 4.51. The van der Waals surface area contributed by atoms with E-state index in [2.05, 4.69) is 15.4 Å². The van der Waals surface area contributed by atoms with Crippen molar-refractivity contribution in [3.63, 3.8) is 0 Å². The van der Waals surface area contributed by atoms with Crippen molar-refractivity contribution in [2.24, 2.45) is 18.9 Å². The summed E-state index contributed by atoms with van der Waals surface area (Å²) in [6, 6.07) is 0. The van der Waals surface area contributed by atoms with E-state index in [1.807, 2.05) is 0 Å². The van der Waals surface area contributed by atoms with E-state index in [9.17, 15) is 18.3 Å². The molecule has 0 bridgehead atoms. The number of aliphatic carboxylic acids is 1. The fraction of sp³-hybridized carbons (Fsp3) is 0.778. The Morgan fingerprint density at radius 1 is 1.61 bits per heavy atom. The average molecular weight is 274 g/mol. The molecule has 0 aliphatic carbocycles. The highest BCUT2D eigenvalue weighted by molar-refractivity contribution is 7.91. The molecule has 0 amide bonds. The molecule has 2 atom stereocenters. The van der Waals surface area contributed by atoms with Crippen molar-refractivity contribution in [3.8, 4) is 0 Å². The van der Waals surface area contributed by atoms with Gasteiger partial charge in [0, 0.05) is 6.42 Å². The molecule has 1 fully saturated rings. The van der Waals surface area contributed by atoms with Crippen LogP contribution in [-0.4, -0.2) is 51.2 Å². The van der Waals surface area contributed by atoms with Gasteiger partial charge in [0.1, 0.15) is 0 Å². The third-order valence-electron chi connectivity index (χ3n) is 3.11. The standard InChI is InChI=1S/C9H14N4O4S/c1-13-11-8(10-12-13)4-7(9(14)15)6-2-3-18(16,17)5-6/h6-7H,2-5H2,1H3,(H,14,15). The van der Waals surface area contributed by atoms with Crippen LogP contribution in [0.1, 0.15) is 12.2 Å². The van der Waals surface area contributed by atoms with Gasteiger partial charge >= 0.3 is 5.97 Å². The van der Waals surface area contributed by atoms with Gasteiger partial charge in [-0.2, -0.15) is 4.80 Å². The van der Waals surface area contributed by atoms with Crippen LogP contribution in [0, 0.1) is 11.8 Å². The Kier molecular flexibility index (Phi) is 3.33. The predicted octanol–water partition coefficient (Wildman–Crippen LogP) is -1.11. The number of hydrogen-bond acceptors (Lipinski definition) is 6. The fourth-order valence-corrected chi connectivity index (χ4v) is 4.08. The van der Waals surface area contributed by atoms with Crippen molar-refractivity contribution < 1.29 is 18.3 Å². The van der Waals surface area contributed by atoms with Gasteiger partial charge in [0.2, 0.25) is 0 Å². The molecule has 0 saturated carbocycles. The number of tetrazole rings is 1. The summed E-state index contributed by atoms with van der Waals surface area (Å²) in [5.74, 6) is -1.82. The van der Waals surface area contributed by atoms with Gasteiger partial charge in [-0.25, -0.2) is 8.42 Å². The van der Waals surface area contributed by atoms with Crippen molar-refractivity contribution in [2.75, 3.05) is 11.5 Å². The zero-order valence-electron chi connectivity index (χ0n) is 9.85. The van der Waals surface area contributed by atoms with E-state index >= 15 is 0 Å². The molecule has 100 valence electrons. The molecule has 2 rings (SSSR count). The molecule has 1 aliphatic rings. The van der Waals surface area contributed by atoms with Crippen LogP contribution in [0.4, 0.5) is 0 Å². The van der Waals surface area contributed by atoms with Gasteiger partial charge in [0.05, 0.1) is 24.5 Å². The lowest BCUT2D eigenvalue weighted by atomic mass is 9.89. The normalized spacial score (nSPS) is 23.9. The smallest absolute Gasteiger partial charge is 0.307 e. The van der Waals surface area contributed by atoms with Crippen molar-refractivity contribution in [1.29, 1.82) is 0 Å². The zero-order chi connectivity index (χ0) is 13.3. The lowest BCUT2D eigenvalue weighted by Crippen LogP contribution is -2.27. The Morgan fingerprint density at radius 3 is 2.78 bits per heavy atom. The van der Waals surface area contributed by atoms with Gasteiger partial charge in [0.25, 0.3) is 0 Å². The van der Waals surface area contributed by atoms with Gasteiger partial charge in [0.15, 0.2) is 15.7 Å². The summed E-state index contributed by atoms with van der Waals surface area (Å²) in [7, 11) is -1.50. The first kappa shape index (κ1) is 12.9. The highest BCUT2D eigenvalue weighted by atomic mass is 32.2. The Hall–Kier alpha value is -1.51. The average Bonchev–Trinajstić information content (AvgIpc) is 2.81. The largest absolute Gasteiger partial charge is 0.481 e. The third-order valence-corrected chi connectivity index (χ3v) is 4.90. The maximum absolute atomic E-state index is 11.4. The SMILES string of the molecule is Cn1nnc(CC(C(=O)O)C2CCS(=O)(=O)C2)n1. The molecule has 1 N–H and O–H groups in total. The molecule has 1 aromatic heterocycles. The molecule has 0 aromatic carbocycles. The molecule has 9 heteroatoms. The molecule has 8 nitrogen and oxygen atoms in total. The highest BCUT2D eigenvalue weighted by Gasteiger charge is 2.38. The lowest BCUT2D eigenvalue weighted by Gasteiger charge is -2.15. The van der Waals surface area contributed by atoms with Crippen LogP contribution in [0.15, 0.2) is 0 Å². The molecule has 1 aliphatic heterocycles. The molecule has 0 spiro atoms. The zero-order valence-corrected chi connectivity index (χ0v) is 10.7. The molecule has 1 saturated heterocycles. The van der Waals surface area contributed by atoms with Gasteiger partial charge in [-0.3, -0.25) is 4.79 Å². The summed E-state index contributed by atoms with van der Waals surface area (Å²) in [6.07, 6.45) is 0.503. The Balaban J connectivity index is 2.12. The summed E-state index contributed by atoms with van der Waals surface area (Å²) in [5, 5.41) is 20.5. The molecule has 0 radical (unpaired) electrons. The van der Waals surface area contributed by atoms with Gasteiger partial charge in [-0.05, 0) is 17.6 Å². The molecular weight excluding hydrogens is 260 g/mol. The van der Waals surface area contributed by atoms with Crippen LogP contribution in [0.2, 0.25) is 0 Å². The summed E-state index contributed by atoms with van der Waals surface area (Å²) < 4.78 is 22.8. The van der Waals surface area contributed by atoms with Crippen molar-refractivity contribution in [1.82, 2.24) is 20.2 Å². The van der Waals surface area contributed by atoms with Crippen molar-refractivity contribution >= 4 is 15.8 Å². The number of aromatic nitrogens is 4. The van der Waals surface area contributed by atoms with Gasteiger partial charge in [-0.15, -0.1) is 10.2 Å². The number of carboxylic acid groups (broad SMARTS) is 1. The van der Waals surface area contributed by atoms with Gasteiger partial charge < -0.3 is 5.11 Å². The third kappa shape index (κ3) is 2.84. The van der Waals surface area contributed by atoms with Crippen LogP contribution >= 0.6 is 0 Å². The molecular formula is C9H14N4O4S. The van der Waals surface area contributed by atoms with E-state index < -0.39 is 21.7 Å². The molecule has 2 unspecified atom stereocenters. The quantitative estimate of drug-likeness (QED) is 0.740. The number of rotatable bonds is 4. The lowest BCUT2D eigenvalue weighted by molar-refractivity contribution is -0.143. The Bertz CT molecular complexity index is 553. The summed E-state index contributed by atoms with van der Waals surface area (Å²) in [6.45, 7) is 0. The Labute approximate surface area is 104 Å². The monoisotopic (exact) mass is 274 g/mol. The van der Waals surface area contributed by atoms with Crippen LogP contribution in [0.5, 0.6) is 0 Å². The minimum atomic E-state index is -3.09. The summed E-state index contributed by atoms with van der Waals surface area (Å²) in [5.41, 5.74) is 0. The maximum Gasteiger partial charge on any atom is 0.307 e. The first-order chi connectivity index (χ1) is 8.37. The first-order valence-electron chi connectivity index (χ1n) is 5.53. The highest BCUT2D eigenvalue weighted by Crippen LogP contribution is 2.28. The van der Waals surface area contributed by atoms with E-state index in [1.54, 1.807) is 7.05 Å². The molecule has 18 heavy (non-hydrogen) atoms. The number of nitrogens with zero attached hydrogens (tertiary/aromatic N) is 4. The number of carboxylic acids is 1. The van der Waals surface area contributed by atoms with Crippen molar-refractivity contribution in [3.05, 3.63) is 5.82 Å². The van der Waals surface area contributed by atoms with Crippen LogP contribution in [-0.2, 0) is 28.1 Å². The van der Waals surface area contributed by atoms with Crippen LogP contribution in [0.3, 0.4) is 0 Å². The molecule has 2 heterocycles. The minimum absolute atomic E-state index is 0.0648. The van der Waals surface area contributed by atoms with E-state index in [1.165, 1.54) is 4.80 Å². The predicted molar refractivity (Wildman–Crippen MR) is 60.4 cm³/mol. The van der Waals surface area contributed by atoms with Gasteiger partial charge in [-0.1, -0.05) is 0 Å². The number of sulfone groups is 1. The van der Waals surface area contributed by atoms with E-state index in [4.69, 9.17) is 0 Å². The van der Waals surface area contributed by atoms with Crippen molar-refractivity contribution in [2.45, 2.75) is 12.8 Å². The van der Waals surface area contributed by atoms with E-state index in [0.717, 1.165) is 0 Å². The number of hydrogen-bond donors (Lipinski definition) is 1. The van der Waals surface area contributed by atoms with Crippen LogP contribution in [0.25, 0.3) is 0 Å². The number of carbonyl (C=O) groups is 1. The molecule has 1 aromatic rings. The maximum atomic E-state index is 11.4. The van der Waals surface area contributed by atoms with E-state index in [-0.39, 0.29) is 23.8 Å². The second-order valence-corrected chi connectivity index (χ2v) is 6.74. The summed E-state index contributed by atoms with van der Waals surface area (Å²) >= 11 is 0. The fourth-order valence-electron chi connectivity index (χ4n) is 2.20.